The molecule has 0 aromatic heterocycles. The predicted molar refractivity (Wildman–Crippen MR) is 121 cm³/mol. The Kier molecular flexibility index (Phi) is 7.43. The molecular formula is C24H26ClNO6. The third-order valence-electron chi connectivity index (χ3n) is 5.16. The molecule has 0 bridgehead atoms. The fourth-order valence-corrected chi connectivity index (χ4v) is 3.82. The molecule has 32 heavy (non-hydrogen) atoms. The van der Waals surface area contributed by atoms with Crippen LogP contribution in [0.15, 0.2) is 48.0 Å². The Balaban J connectivity index is 2.16. The fraction of sp³-hybridized carbons (Fsp3) is 0.333. The molecule has 0 aliphatic carbocycles. The van der Waals surface area contributed by atoms with Gasteiger partial charge >= 0.3 is 0 Å². The number of amides is 1. The topological polar surface area (TPSA) is 85.3 Å². The van der Waals surface area contributed by atoms with Crippen LogP contribution >= 0.6 is 11.6 Å². The molecule has 170 valence electrons. The van der Waals surface area contributed by atoms with Crippen LogP contribution in [-0.2, 0) is 14.3 Å². The lowest BCUT2D eigenvalue weighted by atomic mass is 9.95. The lowest BCUT2D eigenvalue weighted by molar-refractivity contribution is -0.140. The molecule has 1 N–H and O–H groups in total. The van der Waals surface area contributed by atoms with E-state index in [-0.39, 0.29) is 41.2 Å². The molecule has 1 atom stereocenters. The summed E-state index contributed by atoms with van der Waals surface area (Å²) < 4.78 is 16.1. The molecule has 3 rings (SSSR count). The SMILES string of the molecule is COc1cccc(C2/C(=C(\O)c3cc(OC)ccc3Cl)C(=O)C(=O)N2CCOC(C)C)c1. The Morgan fingerprint density at radius 1 is 1.09 bits per heavy atom. The van der Waals surface area contributed by atoms with E-state index in [1.807, 2.05) is 13.8 Å². The largest absolute Gasteiger partial charge is 0.507 e. The van der Waals surface area contributed by atoms with Crippen molar-refractivity contribution in [3.63, 3.8) is 0 Å². The van der Waals surface area contributed by atoms with Crippen LogP contribution in [0.5, 0.6) is 11.5 Å². The number of methoxy groups -OCH3 is 2. The van der Waals surface area contributed by atoms with Crippen molar-refractivity contribution in [2.45, 2.75) is 26.0 Å². The molecule has 2 aromatic carbocycles. The number of ketones is 1. The van der Waals surface area contributed by atoms with Crippen molar-refractivity contribution in [2.75, 3.05) is 27.4 Å². The van der Waals surface area contributed by atoms with E-state index in [4.69, 9.17) is 25.8 Å². The summed E-state index contributed by atoms with van der Waals surface area (Å²) in [6.07, 6.45) is -0.0299. The van der Waals surface area contributed by atoms with Crippen LogP contribution < -0.4 is 9.47 Å². The number of ether oxygens (including phenoxy) is 3. The highest BCUT2D eigenvalue weighted by Gasteiger charge is 2.46. The molecule has 0 spiro atoms. The first-order valence-electron chi connectivity index (χ1n) is 10.2. The van der Waals surface area contributed by atoms with E-state index in [9.17, 15) is 14.7 Å². The molecule has 1 saturated heterocycles. The summed E-state index contributed by atoms with van der Waals surface area (Å²) in [5, 5.41) is 11.4. The van der Waals surface area contributed by atoms with Crippen molar-refractivity contribution in [1.82, 2.24) is 4.90 Å². The Hall–Kier alpha value is -3.03. The molecule has 1 aliphatic heterocycles. The number of hydrogen-bond donors (Lipinski definition) is 1. The van der Waals surface area contributed by atoms with Crippen molar-refractivity contribution in [3.05, 3.63) is 64.2 Å². The minimum atomic E-state index is -0.830. The number of carbonyl (C=O) groups is 2. The molecule has 0 radical (unpaired) electrons. The van der Waals surface area contributed by atoms with E-state index in [2.05, 4.69) is 0 Å². The maximum atomic E-state index is 13.1. The molecule has 2 aromatic rings. The molecule has 1 unspecified atom stereocenters. The minimum absolute atomic E-state index is 0.0299. The zero-order chi connectivity index (χ0) is 23.4. The lowest BCUT2D eigenvalue weighted by Crippen LogP contribution is -2.33. The second-order valence-corrected chi connectivity index (χ2v) is 7.94. The van der Waals surface area contributed by atoms with Gasteiger partial charge in [0.05, 0.1) is 43.6 Å². The van der Waals surface area contributed by atoms with Gasteiger partial charge in [0.2, 0.25) is 0 Å². The predicted octanol–water partition coefficient (Wildman–Crippen LogP) is 4.20. The van der Waals surface area contributed by atoms with Gasteiger partial charge < -0.3 is 24.2 Å². The fourth-order valence-electron chi connectivity index (χ4n) is 3.61. The molecule has 1 heterocycles. The van der Waals surface area contributed by atoms with Crippen molar-refractivity contribution in [2.24, 2.45) is 0 Å². The van der Waals surface area contributed by atoms with Crippen molar-refractivity contribution in [3.8, 4) is 11.5 Å². The highest BCUT2D eigenvalue weighted by Crippen LogP contribution is 2.41. The van der Waals surface area contributed by atoms with Gasteiger partial charge in [0.15, 0.2) is 0 Å². The molecule has 8 heteroatoms. The quantitative estimate of drug-likeness (QED) is 0.361. The third kappa shape index (κ3) is 4.74. The average molecular weight is 460 g/mol. The first-order valence-corrected chi connectivity index (χ1v) is 10.5. The molecular weight excluding hydrogens is 434 g/mol. The molecule has 1 aliphatic rings. The number of likely N-dealkylation sites (tertiary alicyclic amines) is 1. The summed E-state index contributed by atoms with van der Waals surface area (Å²) in [6.45, 7) is 4.19. The first kappa shape index (κ1) is 23.6. The van der Waals surface area contributed by atoms with Crippen LogP contribution in [-0.4, -0.2) is 55.2 Å². The van der Waals surface area contributed by atoms with Crippen molar-refractivity contribution < 1.29 is 28.9 Å². The number of aliphatic hydroxyl groups excluding tert-OH is 1. The van der Waals surface area contributed by atoms with E-state index in [1.165, 1.54) is 25.2 Å². The van der Waals surface area contributed by atoms with Crippen LogP contribution in [0.3, 0.4) is 0 Å². The smallest absolute Gasteiger partial charge is 0.295 e. The maximum Gasteiger partial charge on any atom is 0.295 e. The van der Waals surface area contributed by atoms with E-state index in [1.54, 1.807) is 36.4 Å². The highest BCUT2D eigenvalue weighted by atomic mass is 35.5. The van der Waals surface area contributed by atoms with Crippen LogP contribution in [0.4, 0.5) is 0 Å². The van der Waals surface area contributed by atoms with E-state index >= 15 is 0 Å². The Bertz CT molecular complexity index is 1050. The van der Waals surface area contributed by atoms with Crippen molar-refractivity contribution >= 4 is 29.1 Å². The molecule has 0 saturated carbocycles. The summed E-state index contributed by atoms with van der Waals surface area (Å²) in [5.74, 6) is -0.865. The van der Waals surface area contributed by atoms with E-state index < -0.39 is 17.7 Å². The number of halogens is 1. The van der Waals surface area contributed by atoms with Gasteiger partial charge in [-0.3, -0.25) is 9.59 Å². The number of benzene rings is 2. The number of Topliss-reactive ketones (excluding diaryl/α,β-unsaturated/α-hetero) is 1. The number of aliphatic hydroxyl groups is 1. The van der Waals surface area contributed by atoms with Crippen LogP contribution in [0.2, 0.25) is 5.02 Å². The maximum absolute atomic E-state index is 13.1. The van der Waals surface area contributed by atoms with Crippen molar-refractivity contribution in [1.29, 1.82) is 0 Å². The molecule has 1 fully saturated rings. The zero-order valence-corrected chi connectivity index (χ0v) is 19.2. The van der Waals surface area contributed by atoms with Crippen LogP contribution in [0.1, 0.15) is 31.0 Å². The Labute approximate surface area is 192 Å². The summed E-state index contributed by atoms with van der Waals surface area (Å²) in [6, 6.07) is 10.9. The summed E-state index contributed by atoms with van der Waals surface area (Å²) in [4.78, 5) is 27.4. The minimum Gasteiger partial charge on any atom is -0.507 e. The highest BCUT2D eigenvalue weighted by molar-refractivity contribution is 6.47. The van der Waals surface area contributed by atoms with Gasteiger partial charge in [0.25, 0.3) is 11.7 Å². The van der Waals surface area contributed by atoms with Crippen LogP contribution in [0, 0.1) is 0 Å². The lowest BCUT2D eigenvalue weighted by Gasteiger charge is -2.26. The van der Waals surface area contributed by atoms with Gasteiger partial charge in [0, 0.05) is 12.1 Å². The normalized spacial score (nSPS) is 17.8. The summed E-state index contributed by atoms with van der Waals surface area (Å²) in [7, 11) is 3.01. The average Bonchev–Trinajstić information content (AvgIpc) is 3.03. The van der Waals surface area contributed by atoms with Gasteiger partial charge in [-0.1, -0.05) is 23.7 Å². The van der Waals surface area contributed by atoms with Gasteiger partial charge in [-0.15, -0.1) is 0 Å². The van der Waals surface area contributed by atoms with E-state index in [0.29, 0.717) is 17.1 Å². The first-order chi connectivity index (χ1) is 15.3. The summed E-state index contributed by atoms with van der Waals surface area (Å²) in [5.41, 5.74) is 0.770. The number of nitrogens with zero attached hydrogens (tertiary/aromatic N) is 1. The summed E-state index contributed by atoms with van der Waals surface area (Å²) >= 11 is 6.31. The standard InChI is InChI=1S/C24H26ClNO6/c1-14(2)32-11-10-26-21(15-6-5-7-16(12-15)30-3)20(23(28)24(26)29)22(27)18-13-17(31-4)8-9-19(18)25/h5-9,12-14,21,27H,10-11H2,1-4H3/b22-20+. The van der Waals surface area contributed by atoms with Gasteiger partial charge in [0.1, 0.15) is 17.3 Å². The second kappa shape index (κ2) is 10.1. The third-order valence-corrected chi connectivity index (χ3v) is 5.49. The zero-order valence-electron chi connectivity index (χ0n) is 18.4. The Morgan fingerprint density at radius 3 is 2.44 bits per heavy atom. The van der Waals surface area contributed by atoms with Crippen LogP contribution in [0.25, 0.3) is 5.76 Å². The molecule has 1 amide bonds. The number of carbonyl (C=O) groups excluding carboxylic acids is 2. The van der Waals surface area contributed by atoms with Gasteiger partial charge in [-0.05, 0) is 49.7 Å². The van der Waals surface area contributed by atoms with Gasteiger partial charge in [-0.2, -0.15) is 0 Å². The monoisotopic (exact) mass is 459 g/mol. The molecule has 7 nitrogen and oxygen atoms in total. The Morgan fingerprint density at radius 2 is 1.78 bits per heavy atom. The number of hydrogen-bond acceptors (Lipinski definition) is 6. The van der Waals surface area contributed by atoms with Gasteiger partial charge in [-0.25, -0.2) is 0 Å². The van der Waals surface area contributed by atoms with E-state index in [0.717, 1.165) is 0 Å². The number of rotatable bonds is 8. The second-order valence-electron chi connectivity index (χ2n) is 7.53.